The highest BCUT2D eigenvalue weighted by molar-refractivity contribution is 9.10. The van der Waals surface area contributed by atoms with Crippen LogP contribution < -0.4 is 10.6 Å². The summed E-state index contributed by atoms with van der Waals surface area (Å²) in [5.41, 5.74) is 1.08. The molecule has 0 aliphatic heterocycles. The number of nitrogens with zero attached hydrogens (tertiary/aromatic N) is 1. The minimum Gasteiger partial charge on any atom is -0.325 e. The number of thiazole rings is 1. The van der Waals surface area contributed by atoms with E-state index in [-0.39, 0.29) is 17.3 Å². The number of hydrogen-bond donors (Lipinski definition) is 2. The summed E-state index contributed by atoms with van der Waals surface area (Å²) in [5.74, 6) is -0.705. The number of carbonyl (C=O) groups excluding carboxylic acids is 2. The highest BCUT2D eigenvalue weighted by Gasteiger charge is 2.30. The largest absolute Gasteiger partial charge is 0.416 e. The van der Waals surface area contributed by atoms with Gasteiger partial charge in [-0.2, -0.15) is 13.2 Å². The van der Waals surface area contributed by atoms with E-state index < -0.39 is 17.6 Å². The second-order valence-corrected chi connectivity index (χ2v) is 10.1. The standard InChI is InChI=1S/C23H15BrF3N3O2S2/c24-17-7-2-1-6-16(17)21(32)29-15-8-9-18-19(11-15)34-22(30-18)33-12-20(31)28-14-5-3-4-13(10-14)23(25,26)27/h1-11H,12H2,(H,28,31)(H,29,32). The van der Waals surface area contributed by atoms with Gasteiger partial charge in [0.15, 0.2) is 4.34 Å². The summed E-state index contributed by atoms with van der Waals surface area (Å²) in [5, 5.41) is 5.33. The number of rotatable bonds is 6. The number of aromatic nitrogens is 1. The molecule has 0 aliphatic rings. The molecule has 1 heterocycles. The first-order chi connectivity index (χ1) is 16.2. The van der Waals surface area contributed by atoms with Crippen LogP contribution in [0.2, 0.25) is 0 Å². The molecule has 0 unspecified atom stereocenters. The van der Waals surface area contributed by atoms with Crippen LogP contribution in [0, 0.1) is 0 Å². The number of halogens is 4. The maximum Gasteiger partial charge on any atom is 0.416 e. The number of carbonyl (C=O) groups is 2. The molecule has 2 amide bonds. The zero-order valence-corrected chi connectivity index (χ0v) is 20.4. The van der Waals surface area contributed by atoms with Crippen molar-refractivity contribution in [2.45, 2.75) is 10.5 Å². The van der Waals surface area contributed by atoms with Crippen molar-refractivity contribution in [1.29, 1.82) is 0 Å². The molecule has 0 spiro atoms. The van der Waals surface area contributed by atoms with Gasteiger partial charge in [0.25, 0.3) is 5.91 Å². The number of hydrogen-bond acceptors (Lipinski definition) is 5. The molecule has 5 nitrogen and oxygen atoms in total. The van der Waals surface area contributed by atoms with Gasteiger partial charge in [-0.25, -0.2) is 4.98 Å². The Balaban J connectivity index is 1.38. The maximum atomic E-state index is 12.8. The zero-order chi connectivity index (χ0) is 24.3. The van der Waals surface area contributed by atoms with Crippen LogP contribution in [0.4, 0.5) is 24.5 Å². The third-order valence-corrected chi connectivity index (χ3v) is 7.40. The molecule has 0 radical (unpaired) electrons. The summed E-state index contributed by atoms with van der Waals surface area (Å²) in [6.07, 6.45) is -4.48. The Morgan fingerprint density at radius 1 is 0.971 bits per heavy atom. The topological polar surface area (TPSA) is 71.1 Å². The fourth-order valence-electron chi connectivity index (χ4n) is 2.98. The monoisotopic (exact) mass is 565 g/mol. The lowest BCUT2D eigenvalue weighted by Gasteiger charge is -2.09. The van der Waals surface area contributed by atoms with E-state index in [2.05, 4.69) is 31.5 Å². The Bertz CT molecular complexity index is 1380. The first-order valence-electron chi connectivity index (χ1n) is 9.75. The van der Waals surface area contributed by atoms with Gasteiger partial charge in [0, 0.05) is 15.8 Å². The van der Waals surface area contributed by atoms with Crippen LogP contribution in [0.1, 0.15) is 15.9 Å². The van der Waals surface area contributed by atoms with Gasteiger partial charge in [-0.05, 0) is 64.5 Å². The summed E-state index contributed by atoms with van der Waals surface area (Å²) < 4.78 is 40.6. The smallest absolute Gasteiger partial charge is 0.325 e. The zero-order valence-electron chi connectivity index (χ0n) is 17.2. The molecule has 0 aliphatic carbocycles. The molecule has 11 heteroatoms. The van der Waals surface area contributed by atoms with Crippen molar-refractivity contribution in [1.82, 2.24) is 4.98 Å². The minimum atomic E-state index is -4.48. The molecule has 0 saturated heterocycles. The molecule has 1 aromatic heterocycles. The summed E-state index contributed by atoms with van der Waals surface area (Å²) in [6.45, 7) is 0. The molecule has 3 aromatic carbocycles. The van der Waals surface area contributed by atoms with Crippen LogP contribution in [0.3, 0.4) is 0 Å². The van der Waals surface area contributed by atoms with Crippen LogP contribution in [-0.2, 0) is 11.0 Å². The van der Waals surface area contributed by atoms with E-state index in [4.69, 9.17) is 0 Å². The third kappa shape index (κ3) is 5.96. The van der Waals surface area contributed by atoms with E-state index in [9.17, 15) is 22.8 Å². The predicted molar refractivity (Wildman–Crippen MR) is 133 cm³/mol. The number of fused-ring (bicyclic) bond motifs is 1. The van der Waals surface area contributed by atoms with Crippen LogP contribution in [0.25, 0.3) is 10.2 Å². The highest BCUT2D eigenvalue weighted by atomic mass is 79.9. The van der Waals surface area contributed by atoms with Gasteiger partial charge in [0.05, 0.1) is 27.1 Å². The number of thioether (sulfide) groups is 1. The van der Waals surface area contributed by atoms with E-state index in [0.717, 1.165) is 16.8 Å². The van der Waals surface area contributed by atoms with Crippen LogP contribution >= 0.6 is 39.0 Å². The summed E-state index contributed by atoms with van der Waals surface area (Å²) in [7, 11) is 0. The van der Waals surface area contributed by atoms with Gasteiger partial charge in [-0.15, -0.1) is 11.3 Å². The molecule has 4 rings (SSSR count). The molecule has 34 heavy (non-hydrogen) atoms. The predicted octanol–water partition coefficient (Wildman–Crippen LogP) is 7.06. The molecule has 0 bridgehead atoms. The second kappa shape index (κ2) is 10.2. The summed E-state index contributed by atoms with van der Waals surface area (Å²) in [4.78, 5) is 29.2. The van der Waals surface area contributed by atoms with Crippen molar-refractivity contribution in [3.8, 4) is 0 Å². The molecular formula is C23H15BrF3N3O2S2. The average Bonchev–Trinajstić information content (AvgIpc) is 3.20. The number of alkyl halides is 3. The fourth-order valence-corrected chi connectivity index (χ4v) is 5.36. The van der Waals surface area contributed by atoms with E-state index in [1.54, 1.807) is 36.4 Å². The van der Waals surface area contributed by atoms with Crippen molar-refractivity contribution in [3.63, 3.8) is 0 Å². The molecule has 0 fully saturated rings. The Hall–Kier alpha value is -2.89. The molecule has 174 valence electrons. The van der Waals surface area contributed by atoms with Crippen molar-refractivity contribution < 1.29 is 22.8 Å². The van der Waals surface area contributed by atoms with Crippen LogP contribution in [0.5, 0.6) is 0 Å². The third-order valence-electron chi connectivity index (χ3n) is 4.55. The normalized spacial score (nSPS) is 11.4. The van der Waals surface area contributed by atoms with E-state index >= 15 is 0 Å². The summed E-state index contributed by atoms with van der Waals surface area (Å²) in [6, 6.07) is 16.9. The van der Waals surface area contributed by atoms with Crippen molar-refractivity contribution in [2.24, 2.45) is 0 Å². The van der Waals surface area contributed by atoms with Gasteiger partial charge >= 0.3 is 6.18 Å². The van der Waals surface area contributed by atoms with E-state index in [1.165, 1.54) is 35.2 Å². The molecule has 4 aromatic rings. The van der Waals surface area contributed by atoms with E-state index in [0.29, 0.717) is 25.6 Å². The van der Waals surface area contributed by atoms with Gasteiger partial charge in [0.2, 0.25) is 5.91 Å². The van der Waals surface area contributed by atoms with Gasteiger partial charge < -0.3 is 10.6 Å². The number of nitrogens with one attached hydrogen (secondary N) is 2. The molecule has 0 saturated carbocycles. The van der Waals surface area contributed by atoms with Gasteiger partial charge in [-0.3, -0.25) is 9.59 Å². The first kappa shape index (κ1) is 24.2. The SMILES string of the molecule is O=C(CSc1nc2ccc(NC(=O)c3ccccc3Br)cc2s1)Nc1cccc(C(F)(F)F)c1. The average molecular weight is 566 g/mol. The maximum absolute atomic E-state index is 12.8. The minimum absolute atomic E-state index is 0.0122. The fraction of sp³-hybridized carbons (Fsp3) is 0.0870. The van der Waals surface area contributed by atoms with Crippen molar-refractivity contribution in [3.05, 3.63) is 82.3 Å². The lowest BCUT2D eigenvalue weighted by atomic mass is 10.2. The first-order valence-corrected chi connectivity index (χ1v) is 12.3. The quantitative estimate of drug-likeness (QED) is 0.245. The van der Waals surface area contributed by atoms with Gasteiger partial charge in [0.1, 0.15) is 0 Å². The molecule has 0 atom stereocenters. The lowest BCUT2D eigenvalue weighted by Crippen LogP contribution is -2.14. The number of amides is 2. The van der Waals surface area contributed by atoms with Crippen molar-refractivity contribution in [2.75, 3.05) is 16.4 Å². The van der Waals surface area contributed by atoms with E-state index in [1.807, 2.05) is 6.07 Å². The van der Waals surface area contributed by atoms with Gasteiger partial charge in [-0.1, -0.05) is 30.0 Å². The Labute approximate surface area is 208 Å². The lowest BCUT2D eigenvalue weighted by molar-refractivity contribution is -0.137. The number of anilines is 2. The Kier molecular flexibility index (Phi) is 7.24. The van der Waals surface area contributed by atoms with Crippen LogP contribution in [0.15, 0.2) is 75.5 Å². The van der Waals surface area contributed by atoms with Crippen LogP contribution in [-0.4, -0.2) is 22.6 Å². The second-order valence-electron chi connectivity index (χ2n) is 7.01. The Morgan fingerprint density at radius 3 is 2.50 bits per heavy atom. The summed E-state index contributed by atoms with van der Waals surface area (Å²) >= 11 is 5.90. The highest BCUT2D eigenvalue weighted by Crippen LogP contribution is 2.33. The molecule has 2 N–H and O–H groups in total. The molecular weight excluding hydrogens is 551 g/mol. The Morgan fingerprint density at radius 2 is 1.74 bits per heavy atom. The number of benzene rings is 3. The van der Waals surface area contributed by atoms with Crippen molar-refractivity contribution >= 4 is 72.4 Å².